The minimum atomic E-state index is -0.302. The molecule has 0 unspecified atom stereocenters. The Labute approximate surface area is 126 Å². The number of benzene rings is 1. The van der Waals surface area contributed by atoms with Crippen LogP contribution in [0.15, 0.2) is 24.3 Å². The maximum Gasteiger partial charge on any atom is 0.223 e. The summed E-state index contributed by atoms with van der Waals surface area (Å²) in [5, 5.41) is 3.03. The maximum atomic E-state index is 12.7. The Morgan fingerprint density at radius 2 is 1.71 bits per heavy atom. The van der Waals surface area contributed by atoms with Gasteiger partial charge in [0.2, 0.25) is 5.91 Å². The number of ether oxygens (including phenoxy) is 1. The van der Waals surface area contributed by atoms with Crippen molar-refractivity contribution in [2.24, 2.45) is 5.41 Å². The van der Waals surface area contributed by atoms with Gasteiger partial charge in [0.05, 0.1) is 13.0 Å². The highest BCUT2D eigenvalue weighted by molar-refractivity contribution is 5.76. The molecular weight excluding hydrogens is 269 g/mol. The van der Waals surface area contributed by atoms with Gasteiger partial charge >= 0.3 is 0 Å². The fourth-order valence-corrected chi connectivity index (χ4v) is 2.60. The lowest BCUT2D eigenvalue weighted by molar-refractivity contribution is -0.123. The number of nitrogens with one attached hydrogen (secondary N) is 1. The summed E-state index contributed by atoms with van der Waals surface area (Å²) < 4.78 is 18.2. The average Bonchev–Trinajstić information content (AvgIpc) is 2.27. The third-order valence-corrected chi connectivity index (χ3v) is 2.86. The molecule has 0 aromatic heterocycles. The zero-order valence-electron chi connectivity index (χ0n) is 13.6. The van der Waals surface area contributed by atoms with Crippen molar-refractivity contribution < 1.29 is 13.9 Å². The molecule has 0 atom stereocenters. The van der Waals surface area contributed by atoms with Crippen LogP contribution in [0, 0.1) is 11.2 Å². The molecule has 1 amide bonds. The molecule has 0 radical (unpaired) electrons. The van der Waals surface area contributed by atoms with Gasteiger partial charge in [0.1, 0.15) is 11.6 Å². The van der Waals surface area contributed by atoms with Crippen LogP contribution in [0.25, 0.3) is 0 Å². The predicted octanol–water partition coefficient (Wildman–Crippen LogP) is 3.93. The zero-order valence-corrected chi connectivity index (χ0v) is 13.6. The van der Waals surface area contributed by atoms with E-state index in [1.165, 1.54) is 12.1 Å². The van der Waals surface area contributed by atoms with Gasteiger partial charge in [-0.1, -0.05) is 20.8 Å². The normalized spacial score (nSPS) is 12.1. The molecule has 3 nitrogen and oxygen atoms in total. The number of amides is 1. The monoisotopic (exact) mass is 295 g/mol. The molecule has 0 bridgehead atoms. The van der Waals surface area contributed by atoms with Gasteiger partial charge in [-0.15, -0.1) is 0 Å². The Morgan fingerprint density at radius 3 is 2.24 bits per heavy atom. The number of carbonyl (C=O) groups is 1. The Balaban J connectivity index is 2.35. The highest BCUT2D eigenvalue weighted by Crippen LogP contribution is 2.26. The van der Waals surface area contributed by atoms with Crippen LogP contribution in [-0.2, 0) is 4.79 Å². The maximum absolute atomic E-state index is 12.7. The molecule has 1 N–H and O–H groups in total. The quantitative estimate of drug-likeness (QED) is 0.863. The molecule has 0 heterocycles. The van der Waals surface area contributed by atoms with E-state index >= 15 is 0 Å². The molecule has 1 aromatic rings. The molecule has 0 aliphatic heterocycles. The summed E-state index contributed by atoms with van der Waals surface area (Å²) in [6, 6.07) is 5.78. The highest BCUT2D eigenvalue weighted by Gasteiger charge is 2.26. The molecule has 0 aliphatic carbocycles. The van der Waals surface area contributed by atoms with E-state index in [2.05, 4.69) is 26.1 Å². The molecule has 118 valence electrons. The van der Waals surface area contributed by atoms with Crippen LogP contribution < -0.4 is 10.1 Å². The largest absolute Gasteiger partial charge is 0.493 e. The fourth-order valence-electron chi connectivity index (χ4n) is 2.60. The van der Waals surface area contributed by atoms with Crippen molar-refractivity contribution in [1.29, 1.82) is 0 Å². The first-order chi connectivity index (χ1) is 9.57. The summed E-state index contributed by atoms with van der Waals surface area (Å²) in [4.78, 5) is 11.9. The van der Waals surface area contributed by atoms with Crippen molar-refractivity contribution in [1.82, 2.24) is 5.32 Å². The number of carbonyl (C=O) groups excluding carboxylic acids is 1. The van der Waals surface area contributed by atoms with Gasteiger partial charge in [0.25, 0.3) is 0 Å². The number of halogens is 1. The Kier molecular flexibility index (Phi) is 5.76. The lowest BCUT2D eigenvalue weighted by Gasteiger charge is -2.33. The second-order valence-corrected chi connectivity index (χ2v) is 7.22. The van der Waals surface area contributed by atoms with Crippen molar-refractivity contribution in [2.45, 2.75) is 53.0 Å². The summed E-state index contributed by atoms with van der Waals surface area (Å²) in [7, 11) is 0. The first-order valence-electron chi connectivity index (χ1n) is 7.27. The van der Waals surface area contributed by atoms with E-state index in [1.54, 1.807) is 12.1 Å². The summed E-state index contributed by atoms with van der Waals surface area (Å²) >= 11 is 0. The number of hydrogen-bond acceptors (Lipinski definition) is 2. The molecule has 21 heavy (non-hydrogen) atoms. The van der Waals surface area contributed by atoms with Crippen LogP contribution in [0.5, 0.6) is 5.75 Å². The summed E-state index contributed by atoms with van der Waals surface area (Å²) in [5.41, 5.74) is -0.0907. The summed E-state index contributed by atoms with van der Waals surface area (Å²) in [6.07, 6.45) is 1.18. The van der Waals surface area contributed by atoms with Crippen molar-refractivity contribution >= 4 is 5.91 Å². The molecule has 1 aromatic carbocycles. The van der Waals surface area contributed by atoms with Crippen molar-refractivity contribution in [2.75, 3.05) is 6.61 Å². The predicted molar refractivity (Wildman–Crippen MR) is 82.8 cm³/mol. The molecule has 0 saturated carbocycles. The van der Waals surface area contributed by atoms with Crippen molar-refractivity contribution in [3.8, 4) is 5.75 Å². The fraction of sp³-hybridized carbons (Fsp3) is 0.588. The number of rotatable bonds is 6. The van der Waals surface area contributed by atoms with Crippen molar-refractivity contribution in [3.63, 3.8) is 0 Å². The van der Waals surface area contributed by atoms with E-state index in [-0.39, 0.29) is 35.7 Å². The molecule has 0 fully saturated rings. The van der Waals surface area contributed by atoms with E-state index in [0.717, 1.165) is 6.42 Å². The molecule has 0 spiro atoms. The summed E-state index contributed by atoms with van der Waals surface area (Å²) in [6.45, 7) is 10.8. The summed E-state index contributed by atoms with van der Waals surface area (Å²) in [5.74, 6) is 0.230. The molecule has 0 saturated heterocycles. The van der Waals surface area contributed by atoms with Gasteiger partial charge in [-0.25, -0.2) is 4.39 Å². The van der Waals surface area contributed by atoms with Crippen LogP contribution in [0.2, 0.25) is 0 Å². The van der Waals surface area contributed by atoms with Gasteiger partial charge in [0.15, 0.2) is 0 Å². The molecule has 1 rings (SSSR count). The third-order valence-electron chi connectivity index (χ3n) is 2.86. The van der Waals surface area contributed by atoms with Gasteiger partial charge in [-0.05, 0) is 49.9 Å². The van der Waals surface area contributed by atoms with E-state index < -0.39 is 0 Å². The minimum absolute atomic E-state index is 0.0358. The Morgan fingerprint density at radius 1 is 1.14 bits per heavy atom. The highest BCUT2D eigenvalue weighted by atomic mass is 19.1. The standard InChI is InChI=1S/C17H26FNO2/c1-16(2,3)12-17(4,5)19-15(20)10-11-21-14-8-6-13(18)7-9-14/h6-9H,10-12H2,1-5H3,(H,19,20). The smallest absolute Gasteiger partial charge is 0.223 e. The molecule has 0 aliphatic rings. The topological polar surface area (TPSA) is 38.3 Å². The SMILES string of the molecule is CC(C)(C)CC(C)(C)NC(=O)CCOc1ccc(F)cc1. The van der Waals surface area contributed by atoms with E-state index in [9.17, 15) is 9.18 Å². The minimum Gasteiger partial charge on any atom is -0.493 e. The van der Waals surface area contributed by atoms with Crippen LogP contribution >= 0.6 is 0 Å². The first kappa shape index (κ1) is 17.5. The number of hydrogen-bond donors (Lipinski definition) is 1. The van der Waals surface area contributed by atoms with Crippen LogP contribution in [0.4, 0.5) is 4.39 Å². The zero-order chi connectivity index (χ0) is 16.1. The third kappa shape index (κ3) is 7.69. The second-order valence-electron chi connectivity index (χ2n) is 7.22. The van der Waals surface area contributed by atoms with Gasteiger partial charge in [0, 0.05) is 5.54 Å². The van der Waals surface area contributed by atoms with Gasteiger partial charge in [-0.2, -0.15) is 0 Å². The lowest BCUT2D eigenvalue weighted by atomic mass is 9.82. The van der Waals surface area contributed by atoms with Crippen LogP contribution in [-0.4, -0.2) is 18.1 Å². The molecule has 4 heteroatoms. The van der Waals surface area contributed by atoms with E-state index in [1.807, 2.05) is 13.8 Å². The molecular formula is C17H26FNO2. The van der Waals surface area contributed by atoms with Crippen molar-refractivity contribution in [3.05, 3.63) is 30.1 Å². The van der Waals surface area contributed by atoms with Gasteiger partial charge < -0.3 is 10.1 Å². The Hall–Kier alpha value is -1.58. The first-order valence-corrected chi connectivity index (χ1v) is 7.27. The van der Waals surface area contributed by atoms with Crippen LogP contribution in [0.1, 0.15) is 47.5 Å². The average molecular weight is 295 g/mol. The van der Waals surface area contributed by atoms with Crippen LogP contribution in [0.3, 0.4) is 0 Å². The second kappa shape index (κ2) is 6.92. The van der Waals surface area contributed by atoms with Gasteiger partial charge in [-0.3, -0.25) is 4.79 Å². The lowest BCUT2D eigenvalue weighted by Crippen LogP contribution is -2.46. The van der Waals surface area contributed by atoms with E-state index in [0.29, 0.717) is 5.75 Å². The van der Waals surface area contributed by atoms with E-state index in [4.69, 9.17) is 4.74 Å². The Bertz CT molecular complexity index is 461.